The van der Waals surface area contributed by atoms with Crippen LogP contribution in [0.2, 0.25) is 5.02 Å². The number of hydrogen-bond donors (Lipinski definition) is 1. The molecule has 4 aromatic rings. The predicted molar refractivity (Wildman–Crippen MR) is 123 cm³/mol. The summed E-state index contributed by atoms with van der Waals surface area (Å²) in [5, 5.41) is 4.69. The predicted octanol–water partition coefficient (Wildman–Crippen LogP) is 7.00. The number of hydrogen-bond acceptors (Lipinski definition) is 3. The number of halogens is 1. The van der Waals surface area contributed by atoms with Crippen LogP contribution in [0.15, 0.2) is 69.5 Å². The Balaban J connectivity index is 1.38. The maximum Gasteiger partial charge on any atom is 0.287 e. The Labute approximate surface area is 186 Å². The van der Waals surface area contributed by atoms with Crippen molar-refractivity contribution in [2.45, 2.75) is 44.6 Å². The van der Waals surface area contributed by atoms with Crippen LogP contribution in [0, 0.1) is 0 Å². The van der Waals surface area contributed by atoms with Gasteiger partial charge >= 0.3 is 0 Å². The van der Waals surface area contributed by atoms with E-state index in [1.54, 1.807) is 6.07 Å². The number of nitrogens with one attached hydrogen (secondary N) is 1. The highest BCUT2D eigenvalue weighted by atomic mass is 35.5. The lowest BCUT2D eigenvalue weighted by Crippen LogP contribution is -2.35. The lowest BCUT2D eigenvalue weighted by atomic mass is 9.95. The van der Waals surface area contributed by atoms with Gasteiger partial charge in [0.25, 0.3) is 5.91 Å². The van der Waals surface area contributed by atoms with Crippen molar-refractivity contribution in [3.05, 3.63) is 82.8 Å². The molecule has 0 bridgehead atoms. The lowest BCUT2D eigenvalue weighted by Gasteiger charge is -2.22. The van der Waals surface area contributed by atoms with Gasteiger partial charge in [-0.15, -0.1) is 0 Å². The molecule has 0 unspecified atom stereocenters. The van der Waals surface area contributed by atoms with Crippen molar-refractivity contribution >= 4 is 28.5 Å². The van der Waals surface area contributed by atoms with Crippen molar-refractivity contribution in [3.63, 3.8) is 0 Å². The molecule has 1 fully saturated rings. The van der Waals surface area contributed by atoms with Crippen LogP contribution in [0.1, 0.15) is 54.0 Å². The highest BCUT2D eigenvalue weighted by Crippen LogP contribution is 2.33. The molecule has 0 saturated heterocycles. The minimum Gasteiger partial charge on any atom is -0.456 e. The second-order valence-electron chi connectivity index (χ2n) is 8.21. The molecular formula is C26H24ClNO3. The summed E-state index contributed by atoms with van der Waals surface area (Å²) in [5.74, 6) is 1.71. The highest BCUT2D eigenvalue weighted by molar-refractivity contribution is 6.31. The number of carbonyl (C=O) groups excluding carboxylic acids is 1. The quantitative estimate of drug-likeness (QED) is 0.368. The van der Waals surface area contributed by atoms with Gasteiger partial charge in [0.05, 0.1) is 0 Å². The van der Waals surface area contributed by atoms with Crippen LogP contribution >= 0.6 is 11.6 Å². The molecule has 5 rings (SSSR count). The van der Waals surface area contributed by atoms with E-state index in [1.165, 1.54) is 19.3 Å². The van der Waals surface area contributed by atoms with E-state index in [0.717, 1.165) is 40.7 Å². The monoisotopic (exact) mass is 433 g/mol. The Morgan fingerprint density at radius 1 is 0.968 bits per heavy atom. The first-order chi connectivity index (χ1) is 15.2. The van der Waals surface area contributed by atoms with Gasteiger partial charge in [0.15, 0.2) is 5.76 Å². The first kappa shape index (κ1) is 20.0. The second-order valence-corrected chi connectivity index (χ2v) is 8.65. The fraction of sp³-hybridized carbons (Fsp3) is 0.269. The molecule has 5 heteroatoms. The van der Waals surface area contributed by atoms with Crippen LogP contribution in [0.3, 0.4) is 0 Å². The smallest absolute Gasteiger partial charge is 0.287 e. The third kappa shape index (κ3) is 4.40. The van der Waals surface area contributed by atoms with Gasteiger partial charge in [-0.3, -0.25) is 4.79 Å². The fourth-order valence-corrected chi connectivity index (χ4v) is 4.60. The molecule has 1 amide bonds. The maximum absolute atomic E-state index is 12.6. The number of fused-ring (bicyclic) bond motifs is 1. The zero-order valence-electron chi connectivity index (χ0n) is 17.2. The van der Waals surface area contributed by atoms with E-state index >= 15 is 0 Å². The topological polar surface area (TPSA) is 55.4 Å². The van der Waals surface area contributed by atoms with Crippen LogP contribution in [0.5, 0.6) is 0 Å². The molecule has 0 spiro atoms. The molecule has 2 aromatic heterocycles. The number of furan rings is 2. The van der Waals surface area contributed by atoms with E-state index in [9.17, 15) is 4.79 Å². The van der Waals surface area contributed by atoms with E-state index in [-0.39, 0.29) is 11.9 Å². The Bertz CT molecular complexity index is 1200. The van der Waals surface area contributed by atoms with Crippen molar-refractivity contribution in [3.8, 4) is 11.3 Å². The summed E-state index contributed by atoms with van der Waals surface area (Å²) >= 11 is 6.37. The Morgan fingerprint density at radius 2 is 1.77 bits per heavy atom. The molecule has 2 aromatic carbocycles. The van der Waals surface area contributed by atoms with Crippen LogP contribution in [-0.4, -0.2) is 11.9 Å². The molecule has 2 heterocycles. The van der Waals surface area contributed by atoms with Gasteiger partial charge in [-0.1, -0.05) is 61.2 Å². The third-order valence-corrected chi connectivity index (χ3v) is 6.13. The van der Waals surface area contributed by atoms with Crippen molar-refractivity contribution < 1.29 is 13.6 Å². The van der Waals surface area contributed by atoms with Gasteiger partial charge in [0.1, 0.15) is 17.1 Å². The molecule has 0 aliphatic heterocycles. The van der Waals surface area contributed by atoms with E-state index in [4.69, 9.17) is 20.4 Å². The number of benzene rings is 2. The van der Waals surface area contributed by atoms with Crippen LogP contribution in [0.4, 0.5) is 0 Å². The van der Waals surface area contributed by atoms with Crippen molar-refractivity contribution in [2.24, 2.45) is 0 Å². The highest BCUT2D eigenvalue weighted by Gasteiger charge is 2.19. The SMILES string of the molecule is O=C(NC1CCCCC1)c1ccc(Cc2cc(Cl)cc3cc(-c4ccccc4)oc23)o1. The molecule has 1 aliphatic rings. The minimum atomic E-state index is -0.140. The Morgan fingerprint density at radius 3 is 2.58 bits per heavy atom. The fourth-order valence-electron chi connectivity index (χ4n) is 4.35. The van der Waals surface area contributed by atoms with Crippen LogP contribution in [-0.2, 0) is 6.42 Å². The van der Waals surface area contributed by atoms with Crippen molar-refractivity contribution in [2.75, 3.05) is 0 Å². The largest absolute Gasteiger partial charge is 0.456 e. The second kappa shape index (κ2) is 8.64. The van der Waals surface area contributed by atoms with Crippen LogP contribution in [0.25, 0.3) is 22.3 Å². The van der Waals surface area contributed by atoms with E-state index in [2.05, 4.69) is 5.32 Å². The standard InChI is InChI=1S/C26H24ClNO3/c27-20-13-18(25-19(14-20)16-24(31-25)17-7-3-1-4-8-17)15-22-11-12-23(30-22)26(29)28-21-9-5-2-6-10-21/h1,3-4,7-8,11-14,16,21H,2,5-6,9-10,15H2,(H,28,29). The molecule has 0 radical (unpaired) electrons. The normalized spacial score (nSPS) is 14.7. The van der Waals surface area contributed by atoms with E-state index < -0.39 is 0 Å². The van der Waals surface area contributed by atoms with Gasteiger partial charge in [-0.2, -0.15) is 0 Å². The summed E-state index contributed by atoms with van der Waals surface area (Å²) in [6.45, 7) is 0. The molecule has 0 atom stereocenters. The first-order valence-electron chi connectivity index (χ1n) is 10.8. The molecule has 4 nitrogen and oxygen atoms in total. The summed E-state index contributed by atoms with van der Waals surface area (Å²) in [7, 11) is 0. The summed E-state index contributed by atoms with van der Waals surface area (Å²) < 4.78 is 12.1. The maximum atomic E-state index is 12.6. The van der Waals surface area contributed by atoms with Crippen molar-refractivity contribution in [1.82, 2.24) is 5.32 Å². The van der Waals surface area contributed by atoms with E-state index in [1.807, 2.05) is 54.6 Å². The summed E-state index contributed by atoms with van der Waals surface area (Å²) in [6.07, 6.45) is 6.18. The number of rotatable bonds is 5. The van der Waals surface area contributed by atoms with Crippen LogP contribution < -0.4 is 5.32 Å². The number of amides is 1. The van der Waals surface area contributed by atoms with Gasteiger partial charge in [-0.25, -0.2) is 0 Å². The van der Waals surface area contributed by atoms with E-state index in [0.29, 0.717) is 23.0 Å². The van der Waals surface area contributed by atoms with Gasteiger partial charge in [0.2, 0.25) is 0 Å². The zero-order chi connectivity index (χ0) is 21.2. The Kier molecular flexibility index (Phi) is 5.56. The summed E-state index contributed by atoms with van der Waals surface area (Å²) in [4.78, 5) is 12.6. The zero-order valence-corrected chi connectivity index (χ0v) is 18.0. The molecule has 158 valence electrons. The van der Waals surface area contributed by atoms with Gasteiger partial charge in [0, 0.05) is 34.0 Å². The molecule has 1 saturated carbocycles. The van der Waals surface area contributed by atoms with Gasteiger partial charge in [-0.05, 0) is 43.2 Å². The third-order valence-electron chi connectivity index (χ3n) is 5.91. The average Bonchev–Trinajstić information content (AvgIpc) is 3.42. The van der Waals surface area contributed by atoms with Crippen molar-refractivity contribution in [1.29, 1.82) is 0 Å². The average molecular weight is 434 g/mol. The molecule has 31 heavy (non-hydrogen) atoms. The molecule has 1 N–H and O–H groups in total. The molecule has 1 aliphatic carbocycles. The van der Waals surface area contributed by atoms with Gasteiger partial charge < -0.3 is 14.2 Å². The minimum absolute atomic E-state index is 0.140. The number of carbonyl (C=O) groups is 1. The Hall–Kier alpha value is -2.98. The summed E-state index contributed by atoms with van der Waals surface area (Å²) in [6, 6.07) is 19.6. The molecular weight excluding hydrogens is 410 g/mol. The summed E-state index contributed by atoms with van der Waals surface area (Å²) in [5.41, 5.74) is 2.73. The first-order valence-corrected chi connectivity index (χ1v) is 11.2. The lowest BCUT2D eigenvalue weighted by molar-refractivity contribution is 0.0898.